The van der Waals surface area contributed by atoms with Crippen molar-refractivity contribution in [2.45, 2.75) is 0 Å². The van der Waals surface area contributed by atoms with E-state index in [-0.39, 0.29) is 12.5 Å². The van der Waals surface area contributed by atoms with Crippen LogP contribution in [0, 0.1) is 0 Å². The molecule has 0 fully saturated rings. The van der Waals surface area contributed by atoms with Crippen LogP contribution in [0.4, 0.5) is 11.4 Å². The van der Waals surface area contributed by atoms with E-state index in [9.17, 15) is 4.79 Å². The molecule has 0 radical (unpaired) electrons. The summed E-state index contributed by atoms with van der Waals surface area (Å²) in [7, 11) is 3.98. The highest BCUT2D eigenvalue weighted by Gasteiger charge is 1.99. The monoisotopic (exact) mass is 374 g/mol. The minimum atomic E-state index is -0.200. The topological polar surface area (TPSA) is 56.7 Å². The molecular formula is C17H19BrN4O. The van der Waals surface area contributed by atoms with E-state index < -0.39 is 0 Å². The van der Waals surface area contributed by atoms with Crippen molar-refractivity contribution < 1.29 is 4.79 Å². The number of carbonyl (C=O) groups excluding carboxylic acids is 1. The molecule has 0 aliphatic heterocycles. The van der Waals surface area contributed by atoms with Gasteiger partial charge >= 0.3 is 0 Å². The number of hydrogen-bond donors (Lipinski definition) is 2. The van der Waals surface area contributed by atoms with Gasteiger partial charge in [-0.3, -0.25) is 4.79 Å². The molecule has 0 unspecified atom stereocenters. The van der Waals surface area contributed by atoms with E-state index in [0.717, 1.165) is 21.4 Å². The van der Waals surface area contributed by atoms with Crippen LogP contribution >= 0.6 is 15.9 Å². The first-order valence-corrected chi connectivity index (χ1v) is 7.92. The fraction of sp³-hybridized carbons (Fsp3) is 0.176. The quantitative estimate of drug-likeness (QED) is 0.603. The summed E-state index contributed by atoms with van der Waals surface area (Å²) >= 11 is 3.37. The van der Waals surface area contributed by atoms with Crippen LogP contribution < -0.4 is 15.6 Å². The predicted molar refractivity (Wildman–Crippen MR) is 99.1 cm³/mol. The van der Waals surface area contributed by atoms with Gasteiger partial charge in [-0.15, -0.1) is 0 Å². The van der Waals surface area contributed by atoms with Crippen molar-refractivity contribution in [3.8, 4) is 0 Å². The molecule has 0 spiro atoms. The maximum Gasteiger partial charge on any atom is 0.259 e. The van der Waals surface area contributed by atoms with Gasteiger partial charge in [0.05, 0.1) is 12.8 Å². The Labute approximate surface area is 144 Å². The van der Waals surface area contributed by atoms with E-state index >= 15 is 0 Å². The van der Waals surface area contributed by atoms with Crippen LogP contribution in [-0.2, 0) is 4.79 Å². The first-order chi connectivity index (χ1) is 11.0. The van der Waals surface area contributed by atoms with Gasteiger partial charge in [-0.1, -0.05) is 28.1 Å². The number of hydrogen-bond acceptors (Lipinski definition) is 4. The average molecular weight is 375 g/mol. The number of hydrazone groups is 1. The summed E-state index contributed by atoms with van der Waals surface area (Å²) < 4.78 is 0.998. The molecule has 0 atom stereocenters. The molecule has 0 saturated carbocycles. The van der Waals surface area contributed by atoms with Crippen LogP contribution in [0.2, 0.25) is 0 Å². The number of rotatable bonds is 6. The maximum atomic E-state index is 11.7. The van der Waals surface area contributed by atoms with Gasteiger partial charge in [0, 0.05) is 29.9 Å². The lowest BCUT2D eigenvalue weighted by atomic mass is 10.2. The molecule has 2 rings (SSSR count). The largest absolute Gasteiger partial charge is 0.378 e. The first kappa shape index (κ1) is 17.0. The summed E-state index contributed by atoms with van der Waals surface area (Å²) in [5.41, 5.74) is 5.42. The van der Waals surface area contributed by atoms with Gasteiger partial charge in [-0.2, -0.15) is 5.10 Å². The third kappa shape index (κ3) is 5.75. The number of carbonyl (C=O) groups is 1. The fourth-order valence-corrected chi connectivity index (χ4v) is 2.09. The Morgan fingerprint density at radius 3 is 2.39 bits per heavy atom. The molecule has 2 aromatic carbocycles. The standard InChI is InChI=1S/C17H19BrN4O/c1-22(2)16-9-3-13(4-10-16)11-20-21-17(23)12-19-15-7-5-14(18)6-8-15/h3-11,19H,12H2,1-2H3,(H,21,23). The summed E-state index contributed by atoms with van der Waals surface area (Å²) in [6.45, 7) is 0.165. The molecule has 1 amide bonds. The summed E-state index contributed by atoms with van der Waals surface area (Å²) in [6.07, 6.45) is 1.62. The zero-order chi connectivity index (χ0) is 16.7. The van der Waals surface area contributed by atoms with E-state index in [2.05, 4.69) is 31.8 Å². The zero-order valence-electron chi connectivity index (χ0n) is 13.1. The van der Waals surface area contributed by atoms with Crippen LogP contribution in [0.5, 0.6) is 0 Å². The minimum absolute atomic E-state index is 0.165. The van der Waals surface area contributed by atoms with Crippen molar-refractivity contribution in [2.75, 3.05) is 30.9 Å². The van der Waals surface area contributed by atoms with E-state index in [1.165, 1.54) is 0 Å². The third-order valence-electron chi connectivity index (χ3n) is 3.11. The van der Waals surface area contributed by atoms with E-state index in [1.54, 1.807) is 6.21 Å². The average Bonchev–Trinajstić information content (AvgIpc) is 2.55. The summed E-state index contributed by atoms with van der Waals surface area (Å²) in [6, 6.07) is 15.5. The molecular weight excluding hydrogens is 356 g/mol. The highest BCUT2D eigenvalue weighted by Crippen LogP contribution is 2.13. The summed E-state index contributed by atoms with van der Waals surface area (Å²) in [5.74, 6) is -0.200. The van der Waals surface area contributed by atoms with Gasteiger partial charge in [-0.05, 0) is 42.0 Å². The van der Waals surface area contributed by atoms with Gasteiger partial charge in [0.2, 0.25) is 0 Å². The van der Waals surface area contributed by atoms with E-state index in [1.807, 2.05) is 67.5 Å². The molecule has 6 heteroatoms. The third-order valence-corrected chi connectivity index (χ3v) is 3.64. The Bertz CT molecular complexity index is 666. The Hall–Kier alpha value is -2.34. The molecule has 0 aliphatic carbocycles. The normalized spacial score (nSPS) is 10.6. The van der Waals surface area contributed by atoms with Gasteiger partial charge in [0.1, 0.15) is 0 Å². The first-order valence-electron chi connectivity index (χ1n) is 7.13. The van der Waals surface area contributed by atoms with Crippen LogP contribution in [0.15, 0.2) is 58.1 Å². The van der Waals surface area contributed by atoms with Gasteiger partial charge in [0.25, 0.3) is 5.91 Å². The minimum Gasteiger partial charge on any atom is -0.378 e. The maximum absolute atomic E-state index is 11.7. The van der Waals surface area contributed by atoms with Gasteiger partial charge < -0.3 is 10.2 Å². The summed E-state index contributed by atoms with van der Waals surface area (Å²) in [4.78, 5) is 13.7. The van der Waals surface area contributed by atoms with Gasteiger partial charge in [0.15, 0.2) is 0 Å². The lowest BCUT2D eigenvalue weighted by Gasteiger charge is -2.11. The second-order valence-corrected chi connectivity index (χ2v) is 6.06. The molecule has 0 bridgehead atoms. The molecule has 0 heterocycles. The van der Waals surface area contributed by atoms with Crippen molar-refractivity contribution in [1.29, 1.82) is 0 Å². The molecule has 5 nitrogen and oxygen atoms in total. The SMILES string of the molecule is CN(C)c1ccc(C=NNC(=O)CNc2ccc(Br)cc2)cc1. The van der Waals surface area contributed by atoms with Crippen molar-refractivity contribution >= 4 is 39.4 Å². The van der Waals surface area contributed by atoms with Crippen LogP contribution in [0.3, 0.4) is 0 Å². The Morgan fingerprint density at radius 2 is 1.78 bits per heavy atom. The van der Waals surface area contributed by atoms with Crippen LogP contribution in [-0.4, -0.2) is 32.8 Å². The Kier molecular flexibility index (Phi) is 6.17. The zero-order valence-corrected chi connectivity index (χ0v) is 14.7. The number of nitrogens with one attached hydrogen (secondary N) is 2. The second-order valence-electron chi connectivity index (χ2n) is 5.14. The van der Waals surface area contributed by atoms with Crippen molar-refractivity contribution in [2.24, 2.45) is 5.10 Å². The van der Waals surface area contributed by atoms with E-state index in [0.29, 0.717) is 0 Å². The number of anilines is 2. The highest BCUT2D eigenvalue weighted by atomic mass is 79.9. The van der Waals surface area contributed by atoms with Gasteiger partial charge in [-0.25, -0.2) is 5.43 Å². The number of amides is 1. The lowest BCUT2D eigenvalue weighted by molar-refractivity contribution is -0.119. The fourth-order valence-electron chi connectivity index (χ4n) is 1.83. The van der Waals surface area contributed by atoms with Crippen LogP contribution in [0.1, 0.15) is 5.56 Å². The molecule has 0 aliphatic rings. The van der Waals surface area contributed by atoms with Crippen molar-refractivity contribution in [3.05, 3.63) is 58.6 Å². The van der Waals surface area contributed by atoms with Crippen molar-refractivity contribution in [1.82, 2.24) is 5.43 Å². The number of nitrogens with zero attached hydrogens (tertiary/aromatic N) is 2. The van der Waals surface area contributed by atoms with Crippen LogP contribution in [0.25, 0.3) is 0 Å². The number of benzene rings is 2. The molecule has 23 heavy (non-hydrogen) atoms. The van der Waals surface area contributed by atoms with Crippen molar-refractivity contribution in [3.63, 3.8) is 0 Å². The number of halogens is 1. The van der Waals surface area contributed by atoms with E-state index in [4.69, 9.17) is 0 Å². The Morgan fingerprint density at radius 1 is 1.13 bits per heavy atom. The molecule has 2 aromatic rings. The molecule has 2 N–H and O–H groups in total. The molecule has 120 valence electrons. The molecule has 0 aromatic heterocycles. The second kappa shape index (κ2) is 8.33. The highest BCUT2D eigenvalue weighted by molar-refractivity contribution is 9.10. The Balaban J connectivity index is 1.78. The lowest BCUT2D eigenvalue weighted by Crippen LogP contribution is -2.25. The predicted octanol–water partition coefficient (Wildman–Crippen LogP) is 3.08. The molecule has 0 saturated heterocycles. The smallest absolute Gasteiger partial charge is 0.259 e. The summed E-state index contributed by atoms with van der Waals surface area (Å²) in [5, 5.41) is 6.98.